The number of β-amino-alcohol motifs (C(OH)–C–C–N with tert-alkyl or cyclic N) is 1. The highest BCUT2D eigenvalue weighted by Gasteiger charge is 2.36. The van der Waals surface area contributed by atoms with Crippen LogP contribution in [0.15, 0.2) is 36.4 Å². The van der Waals surface area contributed by atoms with Crippen molar-refractivity contribution in [1.82, 2.24) is 4.57 Å². The highest BCUT2D eigenvalue weighted by molar-refractivity contribution is 7.22. The molecule has 26 heavy (non-hydrogen) atoms. The number of nitrogens with two attached hydrogens (primary N) is 1. The predicted molar refractivity (Wildman–Crippen MR) is 102 cm³/mol. The molecular weight excluding hydrogens is 374 g/mol. The fraction of sp³-hybridized carbons (Fsp3) is 0.222. The van der Waals surface area contributed by atoms with Crippen LogP contribution in [-0.2, 0) is 11.2 Å². The van der Waals surface area contributed by atoms with Crippen molar-refractivity contribution in [2.75, 3.05) is 18.1 Å². The third-order valence-corrected chi connectivity index (χ3v) is 5.89. The van der Waals surface area contributed by atoms with Crippen LogP contribution >= 0.6 is 22.9 Å². The van der Waals surface area contributed by atoms with Crippen LogP contribution in [0.2, 0.25) is 4.34 Å². The van der Waals surface area contributed by atoms with Gasteiger partial charge in [-0.2, -0.15) is 0 Å². The van der Waals surface area contributed by atoms with Crippen molar-refractivity contribution in [2.24, 2.45) is 5.73 Å². The molecule has 2 amide bonds. The molecular formula is C18H16ClN3O3S. The third kappa shape index (κ3) is 2.59. The van der Waals surface area contributed by atoms with E-state index >= 15 is 0 Å². The molecule has 0 spiro atoms. The molecule has 0 saturated heterocycles. The Balaban J connectivity index is 1.90. The van der Waals surface area contributed by atoms with Crippen molar-refractivity contribution in [3.8, 4) is 0 Å². The van der Waals surface area contributed by atoms with Gasteiger partial charge in [-0.15, -0.1) is 11.3 Å². The normalized spacial score (nSPS) is 16.9. The number of carbonyl (C=O) groups excluding carboxylic acids is 2. The number of halogens is 1. The van der Waals surface area contributed by atoms with E-state index in [1.54, 1.807) is 21.6 Å². The molecule has 1 aliphatic rings. The summed E-state index contributed by atoms with van der Waals surface area (Å²) < 4.78 is 2.27. The molecule has 0 bridgehead atoms. The zero-order valence-corrected chi connectivity index (χ0v) is 15.3. The number of aromatic nitrogens is 1. The molecule has 6 nitrogen and oxygen atoms in total. The zero-order valence-electron chi connectivity index (χ0n) is 13.7. The Hall–Kier alpha value is -2.35. The minimum absolute atomic E-state index is 0.151. The Kier molecular flexibility index (Phi) is 4.22. The van der Waals surface area contributed by atoms with Gasteiger partial charge in [0.25, 0.3) is 11.8 Å². The maximum Gasteiger partial charge on any atom is 0.265 e. The second-order valence-electron chi connectivity index (χ2n) is 6.14. The van der Waals surface area contributed by atoms with Crippen LogP contribution in [0.25, 0.3) is 10.2 Å². The van der Waals surface area contributed by atoms with Crippen LogP contribution in [0.5, 0.6) is 0 Å². The summed E-state index contributed by atoms with van der Waals surface area (Å²) in [5.74, 6) is -0.771. The van der Waals surface area contributed by atoms with Gasteiger partial charge < -0.3 is 20.3 Å². The molecule has 0 radical (unpaired) electrons. The van der Waals surface area contributed by atoms with Gasteiger partial charge in [-0.05, 0) is 23.8 Å². The van der Waals surface area contributed by atoms with Gasteiger partial charge in [0.15, 0.2) is 0 Å². The van der Waals surface area contributed by atoms with E-state index in [2.05, 4.69) is 0 Å². The maximum atomic E-state index is 13.2. The number of aliphatic hydroxyl groups excluding tert-OH is 1. The lowest BCUT2D eigenvalue weighted by Gasteiger charge is -2.35. The number of amides is 2. The number of aliphatic hydroxyl groups is 1. The molecule has 1 aromatic carbocycles. The minimum Gasteiger partial charge on any atom is -0.395 e. The number of fused-ring (bicyclic) bond motifs is 2. The Morgan fingerprint density at radius 2 is 2.12 bits per heavy atom. The number of hydrogen-bond acceptors (Lipinski definition) is 4. The minimum atomic E-state index is -0.619. The number of para-hydroxylation sites is 1. The number of thiophene rings is 1. The number of nitrogens with zero attached hydrogens (tertiary/aromatic N) is 2. The van der Waals surface area contributed by atoms with Gasteiger partial charge in [-0.3, -0.25) is 9.59 Å². The van der Waals surface area contributed by atoms with Crippen molar-refractivity contribution in [2.45, 2.75) is 12.5 Å². The standard InChI is InChI=1S/C18H16ClN3O3S/c19-15-9-11-8-13(16(20)24)22(18(11)26-15)14-7-10-3-1-2-4-12(10)21(5-6-23)17(14)25/h1-4,8-9,14,23H,5-7H2,(H2,20,24). The van der Waals surface area contributed by atoms with Gasteiger partial charge >= 0.3 is 0 Å². The summed E-state index contributed by atoms with van der Waals surface area (Å²) in [5, 5.41) is 10.2. The fourth-order valence-electron chi connectivity index (χ4n) is 3.56. The molecule has 0 fully saturated rings. The summed E-state index contributed by atoms with van der Waals surface area (Å²) in [4.78, 5) is 27.5. The van der Waals surface area contributed by atoms with Crippen molar-refractivity contribution in [1.29, 1.82) is 0 Å². The lowest BCUT2D eigenvalue weighted by Crippen LogP contribution is -2.44. The van der Waals surface area contributed by atoms with Crippen molar-refractivity contribution >= 4 is 50.7 Å². The van der Waals surface area contributed by atoms with Crippen molar-refractivity contribution < 1.29 is 14.7 Å². The SMILES string of the molecule is NC(=O)c1cc2cc(Cl)sc2n1C1Cc2ccccc2N(CCO)C1=O. The third-order valence-electron chi connectivity index (χ3n) is 4.62. The van der Waals surface area contributed by atoms with E-state index in [1.807, 2.05) is 24.3 Å². The molecule has 8 heteroatoms. The average molecular weight is 390 g/mol. The first-order valence-electron chi connectivity index (χ1n) is 8.11. The molecule has 2 aromatic heterocycles. The van der Waals surface area contributed by atoms with Crippen LogP contribution in [0.4, 0.5) is 5.69 Å². The maximum absolute atomic E-state index is 13.2. The molecule has 134 valence electrons. The van der Waals surface area contributed by atoms with Gasteiger partial charge in [0.05, 0.1) is 10.9 Å². The molecule has 1 atom stereocenters. The van der Waals surface area contributed by atoms with E-state index in [0.717, 1.165) is 21.5 Å². The van der Waals surface area contributed by atoms with Gasteiger partial charge in [0.1, 0.15) is 16.6 Å². The molecule has 1 unspecified atom stereocenters. The van der Waals surface area contributed by atoms with Gasteiger partial charge in [-0.25, -0.2) is 0 Å². The monoisotopic (exact) mass is 389 g/mol. The van der Waals surface area contributed by atoms with E-state index in [1.165, 1.54) is 11.3 Å². The van der Waals surface area contributed by atoms with Crippen molar-refractivity contribution in [3.05, 3.63) is 52.0 Å². The highest BCUT2D eigenvalue weighted by Crippen LogP contribution is 2.39. The van der Waals surface area contributed by atoms with E-state index in [9.17, 15) is 14.7 Å². The largest absolute Gasteiger partial charge is 0.395 e. The summed E-state index contributed by atoms with van der Waals surface area (Å²) >= 11 is 7.43. The Bertz CT molecular complexity index is 1030. The zero-order chi connectivity index (χ0) is 18.4. The highest BCUT2D eigenvalue weighted by atomic mass is 35.5. The number of primary amides is 1. The van der Waals surface area contributed by atoms with E-state index in [4.69, 9.17) is 17.3 Å². The number of hydrogen-bond donors (Lipinski definition) is 2. The lowest BCUT2D eigenvalue weighted by atomic mass is 9.96. The van der Waals surface area contributed by atoms with Gasteiger partial charge in [0.2, 0.25) is 0 Å². The summed E-state index contributed by atoms with van der Waals surface area (Å²) in [6.07, 6.45) is 0.441. The summed E-state index contributed by atoms with van der Waals surface area (Å²) in [6, 6.07) is 10.4. The Morgan fingerprint density at radius 3 is 2.85 bits per heavy atom. The van der Waals surface area contributed by atoms with Crippen molar-refractivity contribution in [3.63, 3.8) is 0 Å². The smallest absolute Gasteiger partial charge is 0.265 e. The summed E-state index contributed by atoms with van der Waals surface area (Å²) in [6.45, 7) is 0.0370. The topological polar surface area (TPSA) is 88.6 Å². The number of benzene rings is 1. The van der Waals surface area contributed by atoms with Crippen LogP contribution in [0.1, 0.15) is 22.1 Å². The first kappa shape index (κ1) is 17.1. The van der Waals surface area contributed by atoms with Gasteiger partial charge in [-0.1, -0.05) is 29.8 Å². The first-order chi connectivity index (χ1) is 12.5. The van der Waals surface area contributed by atoms with E-state index < -0.39 is 11.9 Å². The van der Waals surface area contributed by atoms with Crippen LogP contribution in [-0.4, -0.2) is 34.6 Å². The molecule has 3 aromatic rings. The molecule has 0 aliphatic carbocycles. The first-order valence-corrected chi connectivity index (χ1v) is 9.31. The number of anilines is 1. The Labute approximate surface area is 158 Å². The van der Waals surface area contributed by atoms with Crippen LogP contribution in [0, 0.1) is 0 Å². The summed E-state index contributed by atoms with van der Waals surface area (Å²) in [5.41, 5.74) is 7.61. The predicted octanol–water partition coefficient (Wildman–Crippen LogP) is 2.58. The van der Waals surface area contributed by atoms with Crippen LogP contribution in [0.3, 0.4) is 0 Å². The summed E-state index contributed by atoms with van der Waals surface area (Å²) in [7, 11) is 0. The molecule has 3 heterocycles. The Morgan fingerprint density at radius 1 is 1.35 bits per heavy atom. The molecule has 3 N–H and O–H groups in total. The number of carbonyl (C=O) groups is 2. The second kappa shape index (κ2) is 6.42. The van der Waals surface area contributed by atoms with Crippen LogP contribution < -0.4 is 10.6 Å². The lowest BCUT2D eigenvalue weighted by molar-refractivity contribution is -0.122. The van der Waals surface area contributed by atoms with E-state index in [0.29, 0.717) is 10.8 Å². The molecule has 4 rings (SSSR count). The number of rotatable bonds is 4. The second-order valence-corrected chi connectivity index (χ2v) is 7.80. The van der Waals surface area contributed by atoms with Gasteiger partial charge in [0, 0.05) is 24.0 Å². The quantitative estimate of drug-likeness (QED) is 0.718. The molecule has 0 saturated carbocycles. The van der Waals surface area contributed by atoms with E-state index in [-0.39, 0.29) is 24.8 Å². The fourth-order valence-corrected chi connectivity index (χ4v) is 4.82. The average Bonchev–Trinajstić information content (AvgIpc) is 3.13. The molecule has 1 aliphatic heterocycles.